The highest BCUT2D eigenvalue weighted by atomic mass is 15.2. The Balaban J connectivity index is 1.82. The van der Waals surface area contributed by atoms with Gasteiger partial charge in [0, 0.05) is 38.8 Å². The number of nitrogens with one attached hydrogen (secondary N) is 2. The molecule has 0 aliphatic carbocycles. The molecule has 2 rings (SSSR count). The van der Waals surface area contributed by atoms with Crippen molar-refractivity contribution in [2.45, 2.75) is 39.2 Å². The molecule has 0 spiro atoms. The number of piperidine rings is 1. The van der Waals surface area contributed by atoms with Crippen molar-refractivity contribution in [1.82, 2.24) is 15.5 Å². The van der Waals surface area contributed by atoms with Crippen LogP contribution in [0.4, 0.5) is 0 Å². The molecule has 17 heavy (non-hydrogen) atoms. The first-order valence-electron chi connectivity index (χ1n) is 7.42. The van der Waals surface area contributed by atoms with Gasteiger partial charge in [-0.2, -0.15) is 0 Å². The van der Waals surface area contributed by atoms with Gasteiger partial charge in [0.15, 0.2) is 0 Å². The van der Waals surface area contributed by atoms with Crippen LogP contribution in [0.1, 0.15) is 33.1 Å². The highest BCUT2D eigenvalue weighted by Crippen LogP contribution is 2.23. The monoisotopic (exact) mass is 239 g/mol. The van der Waals surface area contributed by atoms with E-state index in [0.717, 1.165) is 17.9 Å². The van der Waals surface area contributed by atoms with E-state index in [9.17, 15) is 0 Å². The van der Waals surface area contributed by atoms with E-state index in [4.69, 9.17) is 0 Å². The van der Waals surface area contributed by atoms with E-state index in [-0.39, 0.29) is 0 Å². The predicted molar refractivity (Wildman–Crippen MR) is 73.3 cm³/mol. The van der Waals surface area contributed by atoms with Crippen molar-refractivity contribution >= 4 is 0 Å². The van der Waals surface area contributed by atoms with E-state index in [1.807, 2.05) is 0 Å². The molecule has 100 valence electrons. The Labute approximate surface area is 106 Å². The zero-order valence-electron chi connectivity index (χ0n) is 11.5. The summed E-state index contributed by atoms with van der Waals surface area (Å²) in [6, 6.07) is 0.763. The summed E-state index contributed by atoms with van der Waals surface area (Å²) < 4.78 is 0. The van der Waals surface area contributed by atoms with Gasteiger partial charge in [-0.25, -0.2) is 0 Å². The molecule has 3 nitrogen and oxygen atoms in total. The van der Waals surface area contributed by atoms with Gasteiger partial charge >= 0.3 is 0 Å². The molecule has 2 saturated heterocycles. The molecule has 0 saturated carbocycles. The minimum absolute atomic E-state index is 0.763. The summed E-state index contributed by atoms with van der Waals surface area (Å²) in [5.74, 6) is 1.69. The van der Waals surface area contributed by atoms with Gasteiger partial charge in [-0.15, -0.1) is 0 Å². The van der Waals surface area contributed by atoms with Crippen molar-refractivity contribution in [3.63, 3.8) is 0 Å². The highest BCUT2D eigenvalue weighted by molar-refractivity contribution is 4.85. The summed E-state index contributed by atoms with van der Waals surface area (Å²) in [5, 5.41) is 7.19. The third-order valence-corrected chi connectivity index (χ3v) is 4.15. The lowest BCUT2D eigenvalue weighted by Crippen LogP contribution is -2.50. The molecule has 0 aromatic carbocycles. The van der Waals surface area contributed by atoms with Crippen LogP contribution in [-0.4, -0.2) is 50.2 Å². The topological polar surface area (TPSA) is 27.3 Å². The minimum atomic E-state index is 0.763. The third kappa shape index (κ3) is 4.23. The van der Waals surface area contributed by atoms with Crippen LogP contribution >= 0.6 is 0 Å². The van der Waals surface area contributed by atoms with E-state index in [2.05, 4.69) is 29.4 Å². The highest BCUT2D eigenvalue weighted by Gasteiger charge is 2.27. The van der Waals surface area contributed by atoms with E-state index < -0.39 is 0 Å². The number of rotatable bonds is 4. The second-order valence-electron chi connectivity index (χ2n) is 6.14. The van der Waals surface area contributed by atoms with E-state index >= 15 is 0 Å². The molecule has 0 unspecified atom stereocenters. The molecular formula is C14H29N3. The van der Waals surface area contributed by atoms with E-state index in [1.165, 1.54) is 58.5 Å². The van der Waals surface area contributed by atoms with Gasteiger partial charge in [0.2, 0.25) is 0 Å². The molecule has 2 heterocycles. The average Bonchev–Trinajstić information content (AvgIpc) is 2.32. The fourth-order valence-electron chi connectivity index (χ4n) is 3.25. The zero-order chi connectivity index (χ0) is 12.1. The second-order valence-corrected chi connectivity index (χ2v) is 6.14. The Kier molecular flexibility index (Phi) is 5.26. The largest absolute Gasteiger partial charge is 0.314 e. The quantitative estimate of drug-likeness (QED) is 0.774. The van der Waals surface area contributed by atoms with Crippen LogP contribution in [-0.2, 0) is 0 Å². The summed E-state index contributed by atoms with van der Waals surface area (Å²) in [4.78, 5) is 2.65. The Hall–Kier alpha value is -0.120. The fourth-order valence-corrected chi connectivity index (χ4v) is 3.25. The van der Waals surface area contributed by atoms with Crippen molar-refractivity contribution in [3.8, 4) is 0 Å². The van der Waals surface area contributed by atoms with Gasteiger partial charge in [-0.3, -0.25) is 0 Å². The van der Waals surface area contributed by atoms with Gasteiger partial charge in [0.05, 0.1) is 0 Å². The molecule has 2 fully saturated rings. The van der Waals surface area contributed by atoms with Gasteiger partial charge < -0.3 is 15.5 Å². The van der Waals surface area contributed by atoms with Gasteiger partial charge in [-0.05, 0) is 37.6 Å². The molecule has 0 aromatic rings. The summed E-state index contributed by atoms with van der Waals surface area (Å²) in [7, 11) is 0. The SMILES string of the molecule is CC(C)C[C@H]1NCCC[C@@H]1CN1CCNCC1. The van der Waals surface area contributed by atoms with E-state index in [0.29, 0.717) is 0 Å². The van der Waals surface area contributed by atoms with Crippen LogP contribution in [0.25, 0.3) is 0 Å². The van der Waals surface area contributed by atoms with Crippen molar-refractivity contribution < 1.29 is 0 Å². The Morgan fingerprint density at radius 2 is 1.94 bits per heavy atom. The van der Waals surface area contributed by atoms with Crippen LogP contribution in [0.2, 0.25) is 0 Å². The van der Waals surface area contributed by atoms with Crippen molar-refractivity contribution in [1.29, 1.82) is 0 Å². The summed E-state index contributed by atoms with van der Waals surface area (Å²) in [6.45, 7) is 12.1. The molecule has 2 N–H and O–H groups in total. The Morgan fingerprint density at radius 3 is 2.65 bits per heavy atom. The smallest absolute Gasteiger partial charge is 0.0110 e. The molecule has 0 bridgehead atoms. The van der Waals surface area contributed by atoms with Gasteiger partial charge in [-0.1, -0.05) is 13.8 Å². The second kappa shape index (κ2) is 6.72. The lowest BCUT2D eigenvalue weighted by Gasteiger charge is -2.38. The number of hydrogen-bond donors (Lipinski definition) is 2. The van der Waals surface area contributed by atoms with Crippen molar-refractivity contribution in [3.05, 3.63) is 0 Å². The molecule has 0 amide bonds. The lowest BCUT2D eigenvalue weighted by atomic mass is 9.85. The molecule has 0 radical (unpaired) electrons. The van der Waals surface area contributed by atoms with Gasteiger partial charge in [0.1, 0.15) is 0 Å². The third-order valence-electron chi connectivity index (χ3n) is 4.15. The first kappa shape index (κ1) is 13.3. The fraction of sp³-hybridized carbons (Fsp3) is 1.00. The normalized spacial score (nSPS) is 31.9. The molecule has 2 atom stereocenters. The van der Waals surface area contributed by atoms with Crippen molar-refractivity contribution in [2.75, 3.05) is 39.3 Å². The number of piperazine rings is 1. The van der Waals surface area contributed by atoms with Crippen LogP contribution < -0.4 is 10.6 Å². The van der Waals surface area contributed by atoms with Crippen LogP contribution in [0.3, 0.4) is 0 Å². The lowest BCUT2D eigenvalue weighted by molar-refractivity contribution is 0.150. The maximum atomic E-state index is 3.75. The zero-order valence-corrected chi connectivity index (χ0v) is 11.5. The molecule has 0 aromatic heterocycles. The molecular weight excluding hydrogens is 210 g/mol. The van der Waals surface area contributed by atoms with Crippen LogP contribution in [0.5, 0.6) is 0 Å². The van der Waals surface area contributed by atoms with Gasteiger partial charge in [0.25, 0.3) is 0 Å². The summed E-state index contributed by atoms with van der Waals surface area (Å²) >= 11 is 0. The number of hydrogen-bond acceptors (Lipinski definition) is 3. The Bertz CT molecular complexity index is 212. The minimum Gasteiger partial charge on any atom is -0.314 e. The molecule has 2 aliphatic heterocycles. The van der Waals surface area contributed by atoms with Crippen LogP contribution in [0, 0.1) is 11.8 Å². The van der Waals surface area contributed by atoms with Crippen molar-refractivity contribution in [2.24, 2.45) is 11.8 Å². The Morgan fingerprint density at radius 1 is 1.18 bits per heavy atom. The number of nitrogens with zero attached hydrogens (tertiary/aromatic N) is 1. The van der Waals surface area contributed by atoms with E-state index in [1.54, 1.807) is 0 Å². The molecule has 3 heteroatoms. The average molecular weight is 239 g/mol. The summed E-state index contributed by atoms with van der Waals surface area (Å²) in [6.07, 6.45) is 4.14. The maximum Gasteiger partial charge on any atom is 0.0110 e. The predicted octanol–water partition coefficient (Wildman–Crippen LogP) is 1.31. The first-order chi connectivity index (χ1) is 8.25. The first-order valence-corrected chi connectivity index (χ1v) is 7.42. The maximum absolute atomic E-state index is 3.75. The van der Waals surface area contributed by atoms with Crippen LogP contribution in [0.15, 0.2) is 0 Å². The summed E-state index contributed by atoms with van der Waals surface area (Å²) in [5.41, 5.74) is 0. The standard InChI is InChI=1S/C14H29N3/c1-12(2)10-14-13(4-3-5-16-14)11-17-8-6-15-7-9-17/h12-16H,3-11H2,1-2H3/t13-,14-/m1/s1. The molecule has 2 aliphatic rings.